The van der Waals surface area contributed by atoms with Crippen molar-refractivity contribution in [3.05, 3.63) is 46.1 Å². The smallest absolute Gasteiger partial charge is 0.226 e. The molecule has 1 aromatic carbocycles. The van der Waals surface area contributed by atoms with E-state index >= 15 is 0 Å². The number of benzene rings is 1. The number of carbonyl (C=O) groups is 1. The summed E-state index contributed by atoms with van der Waals surface area (Å²) >= 11 is 0. The highest BCUT2D eigenvalue weighted by molar-refractivity contribution is 5.94. The second-order valence-corrected chi connectivity index (χ2v) is 6.59. The molecule has 0 radical (unpaired) electrons. The minimum Gasteiger partial charge on any atom is -0.311 e. The normalized spacial score (nSPS) is 17.0. The van der Waals surface area contributed by atoms with Gasteiger partial charge in [0.1, 0.15) is 5.82 Å². The zero-order chi connectivity index (χ0) is 16.6. The zero-order valence-electron chi connectivity index (χ0n) is 14.4. The summed E-state index contributed by atoms with van der Waals surface area (Å²) in [7, 11) is 0. The number of amides is 1. The van der Waals surface area contributed by atoms with Crippen molar-refractivity contribution in [1.82, 2.24) is 9.78 Å². The molecular formula is C19H25N3O. The van der Waals surface area contributed by atoms with Gasteiger partial charge in [0, 0.05) is 24.4 Å². The van der Waals surface area contributed by atoms with E-state index in [1.807, 2.05) is 4.68 Å². The highest BCUT2D eigenvalue weighted by Gasteiger charge is 2.32. The van der Waals surface area contributed by atoms with Crippen LogP contribution >= 0.6 is 0 Å². The minimum atomic E-state index is 0.0843. The lowest BCUT2D eigenvalue weighted by Gasteiger charge is -2.26. The van der Waals surface area contributed by atoms with Crippen LogP contribution in [-0.4, -0.2) is 15.7 Å². The Morgan fingerprint density at radius 2 is 2.09 bits per heavy atom. The number of hydrogen-bond donors (Lipinski definition) is 1. The summed E-state index contributed by atoms with van der Waals surface area (Å²) in [6.45, 7) is 9.30. The zero-order valence-corrected chi connectivity index (χ0v) is 14.4. The molecular weight excluding hydrogens is 286 g/mol. The first-order chi connectivity index (χ1) is 11.0. The van der Waals surface area contributed by atoms with Gasteiger partial charge in [-0.3, -0.25) is 4.79 Å². The van der Waals surface area contributed by atoms with Crippen molar-refractivity contribution in [3.63, 3.8) is 0 Å². The molecule has 122 valence electrons. The second kappa shape index (κ2) is 6.19. The van der Waals surface area contributed by atoms with E-state index in [9.17, 15) is 4.79 Å². The molecule has 1 N–H and O–H groups in total. The third-order valence-electron chi connectivity index (χ3n) is 4.70. The van der Waals surface area contributed by atoms with E-state index in [0.29, 0.717) is 6.42 Å². The minimum absolute atomic E-state index is 0.0843. The Hall–Kier alpha value is -2.10. The average Bonchev–Trinajstić information content (AvgIpc) is 2.83. The molecule has 0 spiro atoms. The van der Waals surface area contributed by atoms with Gasteiger partial charge in [-0.15, -0.1) is 0 Å². The molecule has 2 aromatic rings. The molecule has 3 rings (SSSR count). The number of rotatable bonds is 4. The standard InChI is InChI=1S/C19H25N3O/c1-5-6-9-22-19-18(14(4)21-22)16(11-17(23)20-19)15-10-12(2)7-8-13(15)3/h7-8,10,16H,5-6,9,11H2,1-4H3,(H,20,23)/t16-/m0/s1. The van der Waals surface area contributed by atoms with Crippen LogP contribution in [0.4, 0.5) is 5.82 Å². The predicted octanol–water partition coefficient (Wildman–Crippen LogP) is 4.08. The predicted molar refractivity (Wildman–Crippen MR) is 92.9 cm³/mol. The first-order valence-electron chi connectivity index (χ1n) is 8.45. The first kappa shape index (κ1) is 15.8. The molecule has 0 saturated carbocycles. The molecule has 0 fully saturated rings. The first-order valence-corrected chi connectivity index (χ1v) is 8.45. The summed E-state index contributed by atoms with van der Waals surface area (Å²) in [5.41, 5.74) is 5.94. The fraction of sp³-hybridized carbons (Fsp3) is 0.474. The van der Waals surface area contributed by atoms with Crippen molar-refractivity contribution in [1.29, 1.82) is 0 Å². The van der Waals surface area contributed by atoms with Crippen LogP contribution in [0.1, 0.15) is 60.1 Å². The van der Waals surface area contributed by atoms with Crippen molar-refractivity contribution in [3.8, 4) is 0 Å². The Balaban J connectivity index is 2.10. The van der Waals surface area contributed by atoms with Gasteiger partial charge in [-0.05, 0) is 38.3 Å². The fourth-order valence-electron chi connectivity index (χ4n) is 3.49. The van der Waals surface area contributed by atoms with Gasteiger partial charge in [0.15, 0.2) is 0 Å². The molecule has 23 heavy (non-hydrogen) atoms. The number of fused-ring (bicyclic) bond motifs is 1. The van der Waals surface area contributed by atoms with E-state index in [4.69, 9.17) is 5.10 Å². The maximum Gasteiger partial charge on any atom is 0.226 e. The number of anilines is 1. The average molecular weight is 311 g/mol. The Labute approximate surface area is 137 Å². The Bertz CT molecular complexity index is 745. The molecule has 0 saturated heterocycles. The van der Waals surface area contributed by atoms with Gasteiger partial charge in [-0.1, -0.05) is 37.1 Å². The van der Waals surface area contributed by atoms with Crippen LogP contribution in [-0.2, 0) is 11.3 Å². The van der Waals surface area contributed by atoms with E-state index < -0.39 is 0 Å². The molecule has 0 unspecified atom stereocenters. The van der Waals surface area contributed by atoms with Crippen molar-refractivity contribution >= 4 is 11.7 Å². The topological polar surface area (TPSA) is 46.9 Å². The number of hydrogen-bond acceptors (Lipinski definition) is 2. The lowest BCUT2D eigenvalue weighted by molar-refractivity contribution is -0.116. The summed E-state index contributed by atoms with van der Waals surface area (Å²) in [6.07, 6.45) is 2.68. The van der Waals surface area contributed by atoms with Gasteiger partial charge in [-0.25, -0.2) is 4.68 Å². The van der Waals surface area contributed by atoms with Crippen LogP contribution in [0.25, 0.3) is 0 Å². The number of aromatic nitrogens is 2. The molecule has 2 heterocycles. The maximum absolute atomic E-state index is 12.3. The van der Waals surface area contributed by atoms with Crippen LogP contribution in [0.2, 0.25) is 0 Å². The van der Waals surface area contributed by atoms with Crippen LogP contribution in [0.15, 0.2) is 18.2 Å². The van der Waals surface area contributed by atoms with Crippen molar-refractivity contribution in [2.75, 3.05) is 5.32 Å². The number of unbranched alkanes of at least 4 members (excludes halogenated alkanes) is 1. The quantitative estimate of drug-likeness (QED) is 0.924. The molecule has 1 atom stereocenters. The van der Waals surface area contributed by atoms with Crippen LogP contribution in [0, 0.1) is 20.8 Å². The van der Waals surface area contributed by atoms with Crippen molar-refractivity contribution < 1.29 is 4.79 Å². The van der Waals surface area contributed by atoms with Gasteiger partial charge < -0.3 is 5.32 Å². The summed E-state index contributed by atoms with van der Waals surface area (Å²) in [4.78, 5) is 12.3. The molecule has 4 nitrogen and oxygen atoms in total. The Kier molecular flexibility index (Phi) is 4.24. The summed E-state index contributed by atoms with van der Waals surface area (Å²) in [6, 6.07) is 6.49. The third kappa shape index (κ3) is 2.90. The van der Waals surface area contributed by atoms with Crippen molar-refractivity contribution in [2.45, 2.75) is 59.4 Å². The maximum atomic E-state index is 12.3. The van der Waals surface area contributed by atoms with Crippen LogP contribution in [0.3, 0.4) is 0 Å². The van der Waals surface area contributed by atoms with E-state index in [0.717, 1.165) is 30.9 Å². The molecule has 4 heteroatoms. The summed E-state index contributed by atoms with van der Waals surface area (Å²) in [5, 5.41) is 7.75. The molecule has 1 aliphatic rings. The third-order valence-corrected chi connectivity index (χ3v) is 4.70. The molecule has 1 aromatic heterocycles. The van der Waals surface area contributed by atoms with E-state index in [-0.39, 0.29) is 11.8 Å². The SMILES string of the molecule is CCCCn1nc(C)c2c1NC(=O)C[C@H]2c1cc(C)ccc1C. The molecule has 0 aliphatic carbocycles. The monoisotopic (exact) mass is 311 g/mol. The molecule has 1 amide bonds. The summed E-state index contributed by atoms with van der Waals surface area (Å²) < 4.78 is 1.98. The lowest BCUT2D eigenvalue weighted by atomic mass is 9.83. The fourth-order valence-corrected chi connectivity index (χ4v) is 3.49. The lowest BCUT2D eigenvalue weighted by Crippen LogP contribution is -2.25. The van der Waals surface area contributed by atoms with Crippen LogP contribution in [0.5, 0.6) is 0 Å². The summed E-state index contributed by atoms with van der Waals surface area (Å²) in [5.74, 6) is 1.09. The second-order valence-electron chi connectivity index (χ2n) is 6.59. The van der Waals surface area contributed by atoms with E-state index in [2.05, 4.69) is 51.2 Å². The highest BCUT2D eigenvalue weighted by Crippen LogP contribution is 2.40. The van der Waals surface area contributed by atoms with E-state index in [1.54, 1.807) is 0 Å². The van der Waals surface area contributed by atoms with Gasteiger partial charge in [0.25, 0.3) is 0 Å². The Morgan fingerprint density at radius 3 is 2.83 bits per heavy atom. The number of aryl methyl sites for hydroxylation is 4. The largest absolute Gasteiger partial charge is 0.311 e. The van der Waals surface area contributed by atoms with Crippen molar-refractivity contribution in [2.24, 2.45) is 0 Å². The van der Waals surface area contributed by atoms with Gasteiger partial charge in [0.05, 0.1) is 5.69 Å². The number of carbonyl (C=O) groups excluding carboxylic acids is 1. The van der Waals surface area contributed by atoms with E-state index in [1.165, 1.54) is 22.3 Å². The van der Waals surface area contributed by atoms with Gasteiger partial charge >= 0.3 is 0 Å². The number of nitrogens with one attached hydrogen (secondary N) is 1. The van der Waals surface area contributed by atoms with Crippen LogP contribution < -0.4 is 5.32 Å². The van der Waals surface area contributed by atoms with Gasteiger partial charge in [0.2, 0.25) is 5.91 Å². The Morgan fingerprint density at radius 1 is 1.30 bits per heavy atom. The molecule has 1 aliphatic heterocycles. The number of nitrogens with zero attached hydrogens (tertiary/aromatic N) is 2. The highest BCUT2D eigenvalue weighted by atomic mass is 16.1. The van der Waals surface area contributed by atoms with Gasteiger partial charge in [-0.2, -0.15) is 5.10 Å². The molecule has 0 bridgehead atoms.